The molecule has 0 aliphatic carbocycles. The third kappa shape index (κ3) is 2.94. The Kier molecular flexibility index (Phi) is 3.96. The van der Waals surface area contributed by atoms with Crippen molar-refractivity contribution >= 4 is 16.9 Å². The van der Waals surface area contributed by atoms with E-state index in [9.17, 15) is 18.0 Å². The van der Waals surface area contributed by atoms with Gasteiger partial charge in [-0.1, -0.05) is 0 Å². The normalized spacial score (nSPS) is 11.5. The Bertz CT molecular complexity index is 995. The minimum atomic E-state index is -4.80. The van der Waals surface area contributed by atoms with Crippen LogP contribution < -0.4 is 0 Å². The predicted molar refractivity (Wildman–Crippen MR) is 81.1 cm³/mol. The highest BCUT2D eigenvalue weighted by Crippen LogP contribution is 2.32. The van der Waals surface area contributed by atoms with Crippen LogP contribution in [0.2, 0.25) is 0 Å². The number of ether oxygens (including phenoxy) is 1. The van der Waals surface area contributed by atoms with Crippen LogP contribution in [0.15, 0.2) is 30.6 Å². The summed E-state index contributed by atoms with van der Waals surface area (Å²) in [7, 11) is 0. The monoisotopic (exact) mass is 348 g/mol. The van der Waals surface area contributed by atoms with Crippen molar-refractivity contribution in [1.29, 1.82) is 5.26 Å². The van der Waals surface area contributed by atoms with E-state index in [2.05, 4.69) is 14.8 Å². The molecule has 3 aromatic rings. The number of alkyl halides is 3. The molecule has 2 heterocycles. The van der Waals surface area contributed by atoms with E-state index in [1.54, 1.807) is 6.07 Å². The molecule has 0 fully saturated rings. The fraction of sp³-hybridized carbons (Fsp3) is 0.188. The molecule has 9 heteroatoms. The average molecular weight is 348 g/mol. The van der Waals surface area contributed by atoms with Crippen molar-refractivity contribution in [1.82, 2.24) is 14.8 Å². The molecule has 2 aromatic heterocycles. The Hall–Kier alpha value is -3.28. The van der Waals surface area contributed by atoms with E-state index in [1.807, 2.05) is 6.07 Å². The molecule has 3 rings (SSSR count). The molecule has 6 nitrogen and oxygen atoms in total. The summed E-state index contributed by atoms with van der Waals surface area (Å²) in [4.78, 5) is 14.7. The molecule has 25 heavy (non-hydrogen) atoms. The second-order valence-corrected chi connectivity index (χ2v) is 5.10. The summed E-state index contributed by atoms with van der Waals surface area (Å²) in [6.07, 6.45) is -2.33. The molecule has 0 spiro atoms. The second kappa shape index (κ2) is 5.98. The van der Waals surface area contributed by atoms with Crippen molar-refractivity contribution in [3.8, 4) is 11.8 Å². The lowest BCUT2D eigenvalue weighted by molar-refractivity contribution is -0.141. The minimum absolute atomic E-state index is 0.0534. The van der Waals surface area contributed by atoms with Crippen molar-refractivity contribution in [3.05, 3.63) is 47.4 Å². The van der Waals surface area contributed by atoms with Crippen molar-refractivity contribution < 1.29 is 22.7 Å². The number of hydrogen-bond donors (Lipinski definition) is 1. The van der Waals surface area contributed by atoms with Crippen LogP contribution in [0.5, 0.6) is 0 Å². The number of fused-ring (bicyclic) bond motifs is 1. The van der Waals surface area contributed by atoms with E-state index in [0.29, 0.717) is 16.5 Å². The van der Waals surface area contributed by atoms with Crippen LogP contribution in [0.25, 0.3) is 16.6 Å². The van der Waals surface area contributed by atoms with Gasteiger partial charge < -0.3 is 9.72 Å². The second-order valence-electron chi connectivity index (χ2n) is 5.10. The van der Waals surface area contributed by atoms with Crippen LogP contribution in [0, 0.1) is 11.3 Å². The number of carbonyl (C=O) groups excluding carboxylic acids is 1. The van der Waals surface area contributed by atoms with E-state index < -0.39 is 23.4 Å². The van der Waals surface area contributed by atoms with Gasteiger partial charge in [0, 0.05) is 23.3 Å². The van der Waals surface area contributed by atoms with Gasteiger partial charge in [-0.3, -0.25) is 0 Å². The van der Waals surface area contributed by atoms with E-state index in [0.717, 1.165) is 10.9 Å². The molecule has 0 saturated heterocycles. The number of rotatable bonds is 3. The Morgan fingerprint density at radius 2 is 2.20 bits per heavy atom. The molecule has 0 bridgehead atoms. The molecule has 1 aromatic carbocycles. The maximum absolute atomic E-state index is 13.2. The van der Waals surface area contributed by atoms with Crippen molar-refractivity contribution in [2.45, 2.75) is 13.1 Å². The number of nitrogens with zero attached hydrogens (tertiary/aromatic N) is 3. The van der Waals surface area contributed by atoms with E-state index >= 15 is 0 Å². The average Bonchev–Trinajstić information content (AvgIpc) is 3.18. The highest BCUT2D eigenvalue weighted by molar-refractivity contribution is 5.91. The Morgan fingerprint density at radius 1 is 1.44 bits per heavy atom. The maximum atomic E-state index is 13.2. The molecule has 0 radical (unpaired) electrons. The maximum Gasteiger partial charge on any atom is 0.436 e. The number of aromatic nitrogens is 3. The van der Waals surface area contributed by atoms with Gasteiger partial charge in [-0.2, -0.15) is 23.5 Å². The lowest BCUT2D eigenvalue weighted by atomic mass is 10.1. The molecule has 0 saturated carbocycles. The van der Waals surface area contributed by atoms with Crippen molar-refractivity contribution in [3.63, 3.8) is 0 Å². The number of hydrogen-bond acceptors (Lipinski definition) is 4. The fourth-order valence-electron chi connectivity index (χ4n) is 2.42. The van der Waals surface area contributed by atoms with E-state index in [1.165, 1.54) is 25.3 Å². The summed E-state index contributed by atoms with van der Waals surface area (Å²) < 4.78 is 45.1. The summed E-state index contributed by atoms with van der Waals surface area (Å²) in [5, 5.41) is 13.1. The summed E-state index contributed by atoms with van der Waals surface area (Å²) in [6.45, 7) is 1.45. The molecule has 0 aliphatic rings. The topological polar surface area (TPSA) is 83.7 Å². The number of esters is 1. The zero-order valence-electron chi connectivity index (χ0n) is 12.9. The van der Waals surface area contributed by atoms with Crippen LogP contribution in [0.3, 0.4) is 0 Å². The van der Waals surface area contributed by atoms with Crippen LogP contribution in [0.4, 0.5) is 13.2 Å². The molecule has 0 unspecified atom stereocenters. The van der Waals surface area contributed by atoms with E-state index in [4.69, 9.17) is 5.26 Å². The first-order chi connectivity index (χ1) is 11.8. The Labute approximate surface area is 139 Å². The Balaban J connectivity index is 2.14. The SMILES string of the molecule is CCOC(=O)c1cn(-c2ccc3[nH]cc(C#N)c3c2)nc1C(F)(F)F. The number of nitriles is 1. The van der Waals surface area contributed by atoms with Crippen LogP contribution in [-0.4, -0.2) is 27.3 Å². The smallest absolute Gasteiger partial charge is 0.436 e. The largest absolute Gasteiger partial charge is 0.462 e. The van der Waals surface area contributed by atoms with Crippen molar-refractivity contribution in [2.75, 3.05) is 6.61 Å². The van der Waals surface area contributed by atoms with Gasteiger partial charge >= 0.3 is 12.1 Å². The molecular formula is C16H11F3N4O2. The predicted octanol–water partition coefficient (Wildman–Crippen LogP) is 3.42. The highest BCUT2D eigenvalue weighted by atomic mass is 19.4. The van der Waals surface area contributed by atoms with Gasteiger partial charge in [-0.15, -0.1) is 0 Å². The number of nitrogens with one attached hydrogen (secondary N) is 1. The number of carbonyl (C=O) groups is 1. The van der Waals surface area contributed by atoms with Gasteiger partial charge in [-0.05, 0) is 25.1 Å². The molecule has 0 atom stereocenters. The third-order valence-corrected chi connectivity index (χ3v) is 3.53. The summed E-state index contributed by atoms with van der Waals surface area (Å²) in [5.74, 6) is -1.10. The summed E-state index contributed by atoms with van der Waals surface area (Å²) in [6, 6.07) is 6.66. The zero-order valence-corrected chi connectivity index (χ0v) is 12.9. The number of H-pyrrole nitrogens is 1. The number of halogens is 3. The highest BCUT2D eigenvalue weighted by Gasteiger charge is 2.39. The summed E-state index contributed by atoms with van der Waals surface area (Å²) in [5.41, 5.74) is -0.686. The lowest BCUT2D eigenvalue weighted by Crippen LogP contribution is -2.14. The third-order valence-electron chi connectivity index (χ3n) is 3.53. The van der Waals surface area contributed by atoms with Crippen LogP contribution in [0.1, 0.15) is 28.5 Å². The van der Waals surface area contributed by atoms with E-state index in [-0.39, 0.29) is 12.3 Å². The standard InChI is InChI=1S/C16H11F3N4O2/c1-2-25-15(24)12-8-23(22-14(12)16(17,18)19)10-3-4-13-11(5-10)9(6-20)7-21-13/h3-5,7-8,21H,2H2,1H3. The number of aromatic amines is 1. The first-order valence-electron chi connectivity index (χ1n) is 7.20. The number of benzene rings is 1. The Morgan fingerprint density at radius 3 is 2.84 bits per heavy atom. The van der Waals surface area contributed by atoms with Crippen LogP contribution >= 0.6 is 0 Å². The van der Waals surface area contributed by atoms with Gasteiger partial charge in [0.1, 0.15) is 11.6 Å². The zero-order chi connectivity index (χ0) is 18.2. The first-order valence-corrected chi connectivity index (χ1v) is 7.20. The molecule has 0 aliphatic heterocycles. The lowest BCUT2D eigenvalue weighted by Gasteiger charge is -2.05. The first kappa shape index (κ1) is 16.6. The van der Waals surface area contributed by atoms with Gasteiger partial charge in [0.25, 0.3) is 0 Å². The molecule has 0 amide bonds. The van der Waals surface area contributed by atoms with Crippen LogP contribution in [-0.2, 0) is 10.9 Å². The fourth-order valence-corrected chi connectivity index (χ4v) is 2.42. The molecular weight excluding hydrogens is 337 g/mol. The molecule has 128 valence electrons. The van der Waals surface area contributed by atoms with Crippen molar-refractivity contribution in [2.24, 2.45) is 0 Å². The molecule has 1 N–H and O–H groups in total. The summed E-state index contributed by atoms with van der Waals surface area (Å²) >= 11 is 0. The van der Waals surface area contributed by atoms with Gasteiger partial charge in [0.05, 0.1) is 17.9 Å². The van der Waals surface area contributed by atoms with Gasteiger partial charge in [-0.25, -0.2) is 9.48 Å². The van der Waals surface area contributed by atoms with Gasteiger partial charge in [0.2, 0.25) is 0 Å². The van der Waals surface area contributed by atoms with Gasteiger partial charge in [0.15, 0.2) is 5.69 Å². The quantitative estimate of drug-likeness (QED) is 0.735. The minimum Gasteiger partial charge on any atom is -0.462 e.